The van der Waals surface area contributed by atoms with Crippen LogP contribution in [0.2, 0.25) is 0 Å². The second-order valence-corrected chi connectivity index (χ2v) is 6.21. The molecule has 4 heteroatoms. The Kier molecular flexibility index (Phi) is 6.24. The molecule has 21 heavy (non-hydrogen) atoms. The van der Waals surface area contributed by atoms with Gasteiger partial charge in [0.1, 0.15) is 0 Å². The molecule has 1 fully saturated rings. The van der Waals surface area contributed by atoms with Crippen molar-refractivity contribution in [2.75, 3.05) is 13.7 Å². The number of ether oxygens (including phenoxy) is 1. The Bertz CT molecular complexity index is 408. The van der Waals surface area contributed by atoms with Crippen molar-refractivity contribution in [3.8, 4) is 0 Å². The third kappa shape index (κ3) is 3.86. The van der Waals surface area contributed by atoms with E-state index in [1.54, 1.807) is 0 Å². The monoisotopic (exact) mass is 293 g/mol. The minimum Gasteiger partial charge on any atom is -0.376 e. The Morgan fingerprint density at radius 1 is 1.29 bits per heavy atom. The molecule has 0 aromatic carbocycles. The number of hydrogen-bond acceptors (Lipinski definition) is 3. The fourth-order valence-electron chi connectivity index (χ4n) is 3.63. The van der Waals surface area contributed by atoms with E-state index in [0.717, 1.165) is 32.4 Å². The first kappa shape index (κ1) is 16.5. The van der Waals surface area contributed by atoms with Crippen molar-refractivity contribution in [2.24, 2.45) is 0 Å². The molecule has 1 saturated carbocycles. The predicted molar refractivity (Wildman–Crippen MR) is 86.4 cm³/mol. The molecular formula is C17H31N3O. The van der Waals surface area contributed by atoms with Gasteiger partial charge in [0, 0.05) is 25.4 Å². The molecule has 1 heterocycles. The van der Waals surface area contributed by atoms with Crippen LogP contribution in [0.25, 0.3) is 0 Å². The molecule has 0 aliphatic heterocycles. The predicted octanol–water partition coefficient (Wildman–Crippen LogP) is 3.68. The lowest BCUT2D eigenvalue weighted by Gasteiger charge is -2.39. The largest absolute Gasteiger partial charge is 0.376 e. The highest BCUT2D eigenvalue weighted by atomic mass is 16.5. The number of nitrogens with zero attached hydrogens (tertiary/aromatic N) is 2. The van der Waals surface area contributed by atoms with Crippen LogP contribution in [0.15, 0.2) is 12.4 Å². The molecule has 1 aromatic heterocycles. The van der Waals surface area contributed by atoms with Gasteiger partial charge in [-0.05, 0) is 25.8 Å². The van der Waals surface area contributed by atoms with Crippen LogP contribution in [0.5, 0.6) is 0 Å². The Labute approximate surface area is 129 Å². The van der Waals surface area contributed by atoms with Gasteiger partial charge in [-0.3, -0.25) is 4.68 Å². The summed E-state index contributed by atoms with van der Waals surface area (Å²) >= 11 is 0. The van der Waals surface area contributed by atoms with Crippen LogP contribution in [0, 0.1) is 0 Å². The number of aryl methyl sites for hydroxylation is 1. The SMILES string of the molecule is CCCn1cc(C(NCC)C2(OC)CCCCCC2)cn1. The lowest BCUT2D eigenvalue weighted by Crippen LogP contribution is -2.45. The van der Waals surface area contributed by atoms with E-state index >= 15 is 0 Å². The van der Waals surface area contributed by atoms with E-state index in [9.17, 15) is 0 Å². The normalized spacial score (nSPS) is 20.1. The molecule has 1 unspecified atom stereocenters. The van der Waals surface area contributed by atoms with Crippen LogP contribution in [0.4, 0.5) is 0 Å². The van der Waals surface area contributed by atoms with E-state index in [-0.39, 0.29) is 11.6 Å². The second kappa shape index (κ2) is 7.95. The summed E-state index contributed by atoms with van der Waals surface area (Å²) in [5, 5.41) is 8.18. The standard InChI is InChI=1S/C17H31N3O/c1-4-12-20-14-15(13-19-20)16(18-5-2)17(21-3)10-8-6-7-9-11-17/h13-14,16,18H,4-12H2,1-3H3. The van der Waals surface area contributed by atoms with Gasteiger partial charge < -0.3 is 10.1 Å². The van der Waals surface area contributed by atoms with E-state index in [4.69, 9.17) is 4.74 Å². The van der Waals surface area contributed by atoms with Crippen molar-refractivity contribution < 1.29 is 4.74 Å². The van der Waals surface area contributed by atoms with Crippen LogP contribution in [-0.4, -0.2) is 29.0 Å². The number of rotatable bonds is 7. The minimum atomic E-state index is -0.0768. The Balaban J connectivity index is 2.25. The van der Waals surface area contributed by atoms with Gasteiger partial charge in [0.05, 0.1) is 17.8 Å². The van der Waals surface area contributed by atoms with E-state index in [1.807, 2.05) is 13.3 Å². The van der Waals surface area contributed by atoms with Crippen molar-refractivity contribution in [3.05, 3.63) is 18.0 Å². The van der Waals surface area contributed by atoms with Crippen molar-refractivity contribution in [1.29, 1.82) is 0 Å². The fraction of sp³-hybridized carbons (Fsp3) is 0.824. The molecule has 1 N–H and O–H groups in total. The maximum absolute atomic E-state index is 6.10. The van der Waals surface area contributed by atoms with Gasteiger partial charge in [0.2, 0.25) is 0 Å². The van der Waals surface area contributed by atoms with Gasteiger partial charge in [-0.1, -0.05) is 39.5 Å². The van der Waals surface area contributed by atoms with Gasteiger partial charge in [0.15, 0.2) is 0 Å². The van der Waals surface area contributed by atoms with Gasteiger partial charge >= 0.3 is 0 Å². The van der Waals surface area contributed by atoms with Crippen LogP contribution in [-0.2, 0) is 11.3 Å². The summed E-state index contributed by atoms with van der Waals surface area (Å²) in [4.78, 5) is 0. The van der Waals surface area contributed by atoms with E-state index in [2.05, 4.69) is 35.1 Å². The summed E-state index contributed by atoms with van der Waals surface area (Å²) in [6.07, 6.45) is 12.8. The quantitative estimate of drug-likeness (QED) is 0.779. The van der Waals surface area contributed by atoms with Gasteiger partial charge in [-0.25, -0.2) is 0 Å². The van der Waals surface area contributed by atoms with E-state index < -0.39 is 0 Å². The molecule has 0 spiro atoms. The topological polar surface area (TPSA) is 39.1 Å². The molecule has 120 valence electrons. The minimum absolute atomic E-state index is 0.0768. The summed E-state index contributed by atoms with van der Waals surface area (Å²) in [5.41, 5.74) is 1.20. The molecule has 1 aliphatic rings. The molecule has 0 saturated heterocycles. The summed E-state index contributed by atoms with van der Waals surface area (Å²) < 4.78 is 8.15. The maximum Gasteiger partial charge on any atom is 0.0873 e. The highest BCUT2D eigenvalue weighted by Gasteiger charge is 2.40. The van der Waals surface area contributed by atoms with Crippen LogP contribution >= 0.6 is 0 Å². The van der Waals surface area contributed by atoms with Crippen molar-refractivity contribution >= 4 is 0 Å². The van der Waals surface area contributed by atoms with E-state index in [0.29, 0.717) is 0 Å². The smallest absolute Gasteiger partial charge is 0.0873 e. The molecule has 1 aromatic rings. The lowest BCUT2D eigenvalue weighted by molar-refractivity contribution is -0.0537. The van der Waals surface area contributed by atoms with Crippen LogP contribution in [0.1, 0.15) is 70.4 Å². The summed E-state index contributed by atoms with van der Waals surface area (Å²) in [7, 11) is 1.88. The first-order chi connectivity index (χ1) is 10.3. The van der Waals surface area contributed by atoms with Crippen molar-refractivity contribution in [2.45, 2.75) is 77.0 Å². The molecule has 0 amide bonds. The zero-order valence-electron chi connectivity index (χ0n) is 13.9. The van der Waals surface area contributed by atoms with E-state index in [1.165, 1.54) is 31.2 Å². The van der Waals surface area contributed by atoms with Gasteiger partial charge in [0.25, 0.3) is 0 Å². The average molecular weight is 293 g/mol. The molecule has 1 atom stereocenters. The highest BCUT2D eigenvalue weighted by Crippen LogP contribution is 2.40. The summed E-state index contributed by atoms with van der Waals surface area (Å²) in [5.74, 6) is 0. The summed E-state index contributed by atoms with van der Waals surface area (Å²) in [6.45, 7) is 6.29. The fourth-order valence-corrected chi connectivity index (χ4v) is 3.63. The third-order valence-electron chi connectivity index (χ3n) is 4.73. The zero-order valence-corrected chi connectivity index (χ0v) is 13.9. The molecule has 0 bridgehead atoms. The first-order valence-electron chi connectivity index (χ1n) is 8.56. The average Bonchev–Trinajstić information content (AvgIpc) is 2.82. The molecule has 1 aliphatic carbocycles. The molecule has 2 rings (SSSR count). The Morgan fingerprint density at radius 3 is 2.57 bits per heavy atom. The highest BCUT2D eigenvalue weighted by molar-refractivity contribution is 5.17. The number of methoxy groups -OCH3 is 1. The van der Waals surface area contributed by atoms with Crippen LogP contribution < -0.4 is 5.32 Å². The number of likely N-dealkylation sites (N-methyl/N-ethyl adjacent to an activating group) is 1. The summed E-state index contributed by atoms with van der Waals surface area (Å²) in [6, 6.07) is 0.246. The van der Waals surface area contributed by atoms with Gasteiger partial charge in [-0.15, -0.1) is 0 Å². The lowest BCUT2D eigenvalue weighted by atomic mass is 9.83. The van der Waals surface area contributed by atoms with Crippen LogP contribution in [0.3, 0.4) is 0 Å². The molecular weight excluding hydrogens is 262 g/mol. The third-order valence-corrected chi connectivity index (χ3v) is 4.73. The van der Waals surface area contributed by atoms with Crippen molar-refractivity contribution in [3.63, 3.8) is 0 Å². The number of hydrogen-bond donors (Lipinski definition) is 1. The van der Waals surface area contributed by atoms with Gasteiger partial charge in [-0.2, -0.15) is 5.10 Å². The molecule has 4 nitrogen and oxygen atoms in total. The Hall–Kier alpha value is -0.870. The number of aromatic nitrogens is 2. The Morgan fingerprint density at radius 2 is 2.00 bits per heavy atom. The van der Waals surface area contributed by atoms with Crippen molar-refractivity contribution in [1.82, 2.24) is 15.1 Å². The maximum atomic E-state index is 6.10. The molecule has 0 radical (unpaired) electrons. The first-order valence-corrected chi connectivity index (χ1v) is 8.56. The number of nitrogens with one attached hydrogen (secondary N) is 1. The second-order valence-electron chi connectivity index (χ2n) is 6.21. The zero-order chi connectivity index (χ0) is 15.1.